The summed E-state index contributed by atoms with van der Waals surface area (Å²) in [7, 11) is -4.81. The van der Waals surface area contributed by atoms with E-state index >= 15 is 0 Å². The SMILES string of the molecule is O=P(O)(O)OC[C@H]1O[C@@H](n2cnc3c(NCc4c(F)ccc(F)c4Cl)ncnc32)[C@H](O)[C@@H]1O. The molecule has 178 valence electrons. The molecule has 0 radical (unpaired) electrons. The fourth-order valence-corrected chi connectivity index (χ4v) is 3.90. The Hall–Kier alpha value is -2.29. The Kier molecular flexibility index (Phi) is 6.62. The first-order valence-electron chi connectivity index (χ1n) is 9.32. The number of aliphatic hydroxyl groups is 2. The summed E-state index contributed by atoms with van der Waals surface area (Å²) in [6.45, 7) is -0.891. The van der Waals surface area contributed by atoms with Crippen LogP contribution in [0.15, 0.2) is 24.8 Å². The van der Waals surface area contributed by atoms with Crippen LogP contribution in [0.2, 0.25) is 5.02 Å². The van der Waals surface area contributed by atoms with Crippen molar-refractivity contribution >= 4 is 36.4 Å². The second-order valence-electron chi connectivity index (χ2n) is 7.05. The van der Waals surface area contributed by atoms with Crippen molar-refractivity contribution in [2.24, 2.45) is 0 Å². The van der Waals surface area contributed by atoms with Crippen molar-refractivity contribution in [3.8, 4) is 0 Å². The molecular formula is C17H17ClF2N5O7P. The molecule has 1 aliphatic heterocycles. The molecule has 0 spiro atoms. The Balaban J connectivity index is 1.57. The highest BCUT2D eigenvalue weighted by molar-refractivity contribution is 7.46. The minimum Gasteiger partial charge on any atom is -0.387 e. The third-order valence-electron chi connectivity index (χ3n) is 4.95. The fraction of sp³-hybridized carbons (Fsp3) is 0.353. The van der Waals surface area contributed by atoms with Gasteiger partial charge in [0.15, 0.2) is 23.2 Å². The maximum Gasteiger partial charge on any atom is 0.469 e. The number of nitrogens with one attached hydrogen (secondary N) is 1. The van der Waals surface area contributed by atoms with Crippen LogP contribution in [-0.4, -0.2) is 64.4 Å². The van der Waals surface area contributed by atoms with Crippen molar-refractivity contribution < 1.29 is 42.6 Å². The molecule has 0 saturated carbocycles. The smallest absolute Gasteiger partial charge is 0.387 e. The molecule has 1 aromatic carbocycles. The van der Waals surface area contributed by atoms with Crippen molar-refractivity contribution in [2.45, 2.75) is 31.1 Å². The predicted octanol–water partition coefficient (Wildman–Crippen LogP) is 1.10. The molecule has 16 heteroatoms. The van der Waals surface area contributed by atoms with Crippen molar-refractivity contribution in [1.82, 2.24) is 19.5 Å². The topological polar surface area (TPSA) is 172 Å². The molecule has 3 heterocycles. The minimum absolute atomic E-state index is 0.117. The highest BCUT2D eigenvalue weighted by Gasteiger charge is 2.45. The summed E-state index contributed by atoms with van der Waals surface area (Å²) in [6, 6.07) is 1.85. The number of nitrogens with zero attached hydrogens (tertiary/aromatic N) is 4. The number of anilines is 1. The van der Waals surface area contributed by atoms with Crippen LogP contribution in [-0.2, 0) is 20.4 Å². The van der Waals surface area contributed by atoms with Gasteiger partial charge in [-0.25, -0.2) is 28.3 Å². The van der Waals surface area contributed by atoms with Gasteiger partial charge in [-0.3, -0.25) is 9.09 Å². The highest BCUT2D eigenvalue weighted by atomic mass is 35.5. The number of halogens is 3. The molecular weight excluding hydrogens is 491 g/mol. The van der Waals surface area contributed by atoms with Crippen LogP contribution in [0.4, 0.5) is 14.6 Å². The Morgan fingerprint density at radius 3 is 2.64 bits per heavy atom. The molecule has 1 fully saturated rings. The quantitative estimate of drug-likeness (QED) is 0.229. The second-order valence-corrected chi connectivity index (χ2v) is 8.67. The molecule has 4 atom stereocenters. The lowest BCUT2D eigenvalue weighted by Gasteiger charge is -2.16. The summed E-state index contributed by atoms with van der Waals surface area (Å²) < 4.78 is 49.7. The number of phosphoric ester groups is 1. The lowest BCUT2D eigenvalue weighted by Crippen LogP contribution is -2.33. The normalized spacial score (nSPS) is 23.4. The third-order valence-corrected chi connectivity index (χ3v) is 5.84. The zero-order chi connectivity index (χ0) is 23.9. The third kappa shape index (κ3) is 4.83. The number of imidazole rings is 1. The van der Waals surface area contributed by atoms with Gasteiger partial charge in [-0.05, 0) is 12.1 Å². The number of benzene rings is 1. The summed E-state index contributed by atoms with van der Waals surface area (Å²) in [6.07, 6.45) is -3.08. The molecule has 33 heavy (non-hydrogen) atoms. The first-order chi connectivity index (χ1) is 15.6. The van der Waals surface area contributed by atoms with Gasteiger partial charge < -0.3 is 30.1 Å². The molecule has 1 saturated heterocycles. The first kappa shape index (κ1) is 23.9. The minimum atomic E-state index is -4.81. The maximum atomic E-state index is 14.0. The lowest BCUT2D eigenvalue weighted by atomic mass is 10.1. The number of fused-ring (bicyclic) bond motifs is 1. The van der Waals surface area contributed by atoms with Gasteiger partial charge in [-0.1, -0.05) is 11.6 Å². The zero-order valence-corrected chi connectivity index (χ0v) is 18.1. The molecule has 5 N–H and O–H groups in total. The van der Waals surface area contributed by atoms with Crippen LogP contribution in [0.25, 0.3) is 11.2 Å². The van der Waals surface area contributed by atoms with Crippen LogP contribution >= 0.6 is 19.4 Å². The molecule has 0 bridgehead atoms. The first-order valence-corrected chi connectivity index (χ1v) is 11.2. The van der Waals surface area contributed by atoms with E-state index in [0.29, 0.717) is 0 Å². The van der Waals surface area contributed by atoms with Crippen molar-refractivity contribution in [3.63, 3.8) is 0 Å². The maximum absolute atomic E-state index is 14.0. The van der Waals surface area contributed by atoms with E-state index in [4.69, 9.17) is 26.1 Å². The summed E-state index contributed by atoms with van der Waals surface area (Å²) in [5.74, 6) is -1.35. The Bertz CT molecular complexity index is 1230. The van der Waals surface area contributed by atoms with Crippen molar-refractivity contribution in [3.05, 3.63) is 47.0 Å². The number of hydrogen-bond donors (Lipinski definition) is 5. The van der Waals surface area contributed by atoms with Gasteiger partial charge in [-0.2, -0.15) is 0 Å². The number of phosphoric acid groups is 1. The molecule has 4 rings (SSSR count). The largest absolute Gasteiger partial charge is 0.469 e. The van der Waals surface area contributed by atoms with Gasteiger partial charge in [-0.15, -0.1) is 0 Å². The molecule has 12 nitrogen and oxygen atoms in total. The fourth-order valence-electron chi connectivity index (χ4n) is 3.34. The summed E-state index contributed by atoms with van der Waals surface area (Å²) in [5, 5.41) is 23.0. The Labute approximate surface area is 189 Å². The number of hydrogen-bond acceptors (Lipinski definition) is 9. The average molecular weight is 508 g/mol. The Morgan fingerprint density at radius 2 is 1.91 bits per heavy atom. The van der Waals surface area contributed by atoms with Gasteiger partial charge in [0.1, 0.15) is 36.3 Å². The van der Waals surface area contributed by atoms with Crippen LogP contribution in [0.5, 0.6) is 0 Å². The summed E-state index contributed by atoms with van der Waals surface area (Å²) >= 11 is 5.84. The molecule has 0 amide bonds. The molecule has 3 aromatic rings. The van der Waals surface area contributed by atoms with Gasteiger partial charge in [0, 0.05) is 12.1 Å². The van der Waals surface area contributed by atoms with E-state index in [2.05, 4.69) is 24.8 Å². The number of aromatic nitrogens is 4. The van der Waals surface area contributed by atoms with Gasteiger partial charge in [0.05, 0.1) is 18.0 Å². The summed E-state index contributed by atoms with van der Waals surface area (Å²) in [4.78, 5) is 29.9. The molecule has 0 aliphatic carbocycles. The Morgan fingerprint density at radius 1 is 1.18 bits per heavy atom. The van der Waals surface area contributed by atoms with Crippen LogP contribution in [0, 0.1) is 11.6 Å². The van der Waals surface area contributed by atoms with Gasteiger partial charge in [0.2, 0.25) is 0 Å². The van der Waals surface area contributed by atoms with E-state index in [0.717, 1.165) is 18.5 Å². The van der Waals surface area contributed by atoms with Gasteiger partial charge >= 0.3 is 7.82 Å². The standard InChI is InChI=1S/C17H17ClF2N5O7P/c18-11-7(8(19)1-2-9(11)20)3-21-15-12-16(23-5-22-15)25(6-24-12)17-14(27)13(26)10(32-17)4-31-33(28,29)30/h1-2,5-6,10,13-14,17,26-27H,3-4H2,(H,21,22,23)(H2,28,29,30)/t10-,13-,14-,17-/m1/s1. The number of rotatable bonds is 7. The van der Waals surface area contributed by atoms with E-state index in [9.17, 15) is 23.6 Å². The predicted molar refractivity (Wildman–Crippen MR) is 108 cm³/mol. The van der Waals surface area contributed by atoms with E-state index in [1.165, 1.54) is 10.9 Å². The zero-order valence-electron chi connectivity index (χ0n) is 16.4. The summed E-state index contributed by atoms with van der Waals surface area (Å²) in [5.41, 5.74) is 0.227. The van der Waals surface area contributed by atoms with E-state index in [-0.39, 0.29) is 34.1 Å². The second kappa shape index (κ2) is 9.16. The average Bonchev–Trinajstić information content (AvgIpc) is 3.31. The van der Waals surface area contributed by atoms with Crippen LogP contribution in [0.3, 0.4) is 0 Å². The lowest BCUT2D eigenvalue weighted by molar-refractivity contribution is -0.0504. The van der Waals surface area contributed by atoms with Crippen LogP contribution < -0.4 is 5.32 Å². The highest BCUT2D eigenvalue weighted by Crippen LogP contribution is 2.39. The van der Waals surface area contributed by atoms with E-state index in [1.54, 1.807) is 0 Å². The van der Waals surface area contributed by atoms with E-state index in [1.807, 2.05) is 0 Å². The monoisotopic (exact) mass is 507 g/mol. The van der Waals surface area contributed by atoms with Crippen molar-refractivity contribution in [2.75, 3.05) is 11.9 Å². The van der Waals surface area contributed by atoms with Crippen molar-refractivity contribution in [1.29, 1.82) is 0 Å². The molecule has 0 unspecified atom stereocenters. The van der Waals surface area contributed by atoms with Gasteiger partial charge in [0.25, 0.3) is 0 Å². The molecule has 2 aromatic heterocycles. The molecule has 1 aliphatic rings. The van der Waals surface area contributed by atoms with E-state index < -0.39 is 50.6 Å². The number of aliphatic hydroxyl groups excluding tert-OH is 2. The van der Waals surface area contributed by atoms with Crippen LogP contribution in [0.1, 0.15) is 11.8 Å². The number of ether oxygens (including phenoxy) is 1.